The number of H-pyrrole nitrogens is 1. The van der Waals surface area contributed by atoms with E-state index in [1.54, 1.807) is 0 Å². The third kappa shape index (κ3) is 6.63. The molecule has 0 saturated carbocycles. The fourth-order valence-electron chi connectivity index (χ4n) is 5.10. The summed E-state index contributed by atoms with van der Waals surface area (Å²) in [6.45, 7) is 6.32. The third-order valence-electron chi connectivity index (χ3n) is 7.22. The van der Waals surface area contributed by atoms with Crippen molar-refractivity contribution in [2.45, 2.75) is 19.8 Å². The van der Waals surface area contributed by atoms with Gasteiger partial charge in [-0.25, -0.2) is 14.4 Å². The Labute approximate surface area is 233 Å². The van der Waals surface area contributed by atoms with E-state index in [1.165, 1.54) is 25.4 Å². The number of nitrogens with zero attached hydrogens (tertiary/aromatic N) is 5. The number of nitrogens with one attached hydrogen (secondary N) is 2. The Hall–Kier alpha value is -4.31. The second kappa shape index (κ2) is 12.7. The number of hydrogen-bond acceptors (Lipinski definition) is 6. The van der Waals surface area contributed by atoms with Crippen molar-refractivity contribution < 1.29 is 14.0 Å². The summed E-state index contributed by atoms with van der Waals surface area (Å²) in [6, 6.07) is 16.2. The second-order valence-corrected chi connectivity index (χ2v) is 9.99. The number of halogens is 1. The molecule has 1 fully saturated rings. The highest BCUT2D eigenvalue weighted by Crippen LogP contribution is 2.29. The molecule has 9 nitrogen and oxygen atoms in total. The molecule has 3 heterocycles. The largest absolute Gasteiger partial charge is 0.355 e. The summed E-state index contributed by atoms with van der Waals surface area (Å²) in [5.41, 5.74) is 3.29. The first kappa shape index (κ1) is 27.3. The molecule has 4 aromatic rings. The number of carbonyl (C=O) groups is 2. The van der Waals surface area contributed by atoms with E-state index in [4.69, 9.17) is 0 Å². The standard InChI is InChI=1S/C30H34FN7O2/c1-22(39)32-13-15-38(29-27-11-12-33-28(27)34-21-35-29)26-6-2-5-24(20-26)30(40)37-18-16-36(17-19-37)14-3-4-23-7-9-25(31)10-8-23/h2,5-12,20-21H,3-4,13-19H2,1H3,(H,32,39)(H,33,34,35). The molecule has 10 heteroatoms. The number of piperazine rings is 1. The molecule has 2 amide bonds. The summed E-state index contributed by atoms with van der Waals surface area (Å²) in [4.78, 5) is 43.2. The topological polar surface area (TPSA) is 97.5 Å². The summed E-state index contributed by atoms with van der Waals surface area (Å²) >= 11 is 0. The zero-order valence-corrected chi connectivity index (χ0v) is 22.6. The Morgan fingerprint density at radius 3 is 2.62 bits per heavy atom. The van der Waals surface area contributed by atoms with Crippen LogP contribution < -0.4 is 10.2 Å². The highest BCUT2D eigenvalue weighted by molar-refractivity contribution is 5.96. The highest BCUT2D eigenvalue weighted by atomic mass is 19.1. The fraction of sp³-hybridized carbons (Fsp3) is 0.333. The predicted octanol–water partition coefficient (Wildman–Crippen LogP) is 3.76. The van der Waals surface area contributed by atoms with Gasteiger partial charge in [-0.1, -0.05) is 18.2 Å². The van der Waals surface area contributed by atoms with Crippen LogP contribution in [0.25, 0.3) is 11.0 Å². The zero-order valence-electron chi connectivity index (χ0n) is 22.6. The van der Waals surface area contributed by atoms with Gasteiger partial charge in [-0.15, -0.1) is 0 Å². The maximum absolute atomic E-state index is 13.5. The van der Waals surface area contributed by atoms with Crippen molar-refractivity contribution in [3.63, 3.8) is 0 Å². The van der Waals surface area contributed by atoms with E-state index in [1.807, 2.05) is 58.5 Å². The lowest BCUT2D eigenvalue weighted by Gasteiger charge is -2.35. The van der Waals surface area contributed by atoms with Crippen LogP contribution in [-0.4, -0.2) is 82.4 Å². The zero-order chi connectivity index (χ0) is 27.9. The summed E-state index contributed by atoms with van der Waals surface area (Å²) < 4.78 is 13.1. The van der Waals surface area contributed by atoms with E-state index in [2.05, 4.69) is 25.2 Å². The van der Waals surface area contributed by atoms with Gasteiger partial charge in [0, 0.05) is 63.6 Å². The van der Waals surface area contributed by atoms with Gasteiger partial charge >= 0.3 is 0 Å². The van der Waals surface area contributed by atoms with Gasteiger partial charge in [-0.3, -0.25) is 14.5 Å². The molecule has 0 aliphatic carbocycles. The minimum absolute atomic E-state index is 0.00380. The Kier molecular flexibility index (Phi) is 8.65. The molecule has 2 aromatic carbocycles. The summed E-state index contributed by atoms with van der Waals surface area (Å²) in [5, 5.41) is 3.71. The number of anilines is 2. The second-order valence-electron chi connectivity index (χ2n) is 9.99. The normalized spacial score (nSPS) is 13.9. The number of fused-ring (bicyclic) bond motifs is 1. The molecule has 1 aliphatic rings. The molecule has 1 aliphatic heterocycles. The van der Waals surface area contributed by atoms with Crippen molar-refractivity contribution in [3.8, 4) is 0 Å². The Bertz CT molecular complexity index is 1450. The van der Waals surface area contributed by atoms with Crippen LogP contribution >= 0.6 is 0 Å². The number of amides is 2. The lowest BCUT2D eigenvalue weighted by atomic mass is 10.1. The van der Waals surface area contributed by atoms with Gasteiger partial charge in [0.1, 0.15) is 23.6 Å². The van der Waals surface area contributed by atoms with Gasteiger partial charge in [-0.2, -0.15) is 0 Å². The summed E-state index contributed by atoms with van der Waals surface area (Å²) in [5.74, 6) is 0.396. The van der Waals surface area contributed by atoms with Gasteiger partial charge in [0.25, 0.3) is 5.91 Å². The van der Waals surface area contributed by atoms with E-state index in [0.29, 0.717) is 37.6 Å². The predicted molar refractivity (Wildman–Crippen MR) is 153 cm³/mol. The molecule has 40 heavy (non-hydrogen) atoms. The maximum Gasteiger partial charge on any atom is 0.254 e. The Balaban J connectivity index is 1.23. The Morgan fingerprint density at radius 1 is 1.05 bits per heavy atom. The average molecular weight is 544 g/mol. The average Bonchev–Trinajstić information content (AvgIpc) is 3.46. The molecule has 5 rings (SSSR count). The molecule has 2 N–H and O–H groups in total. The van der Waals surface area contributed by atoms with Crippen LogP contribution in [0.4, 0.5) is 15.9 Å². The first-order valence-corrected chi connectivity index (χ1v) is 13.6. The molecule has 0 unspecified atom stereocenters. The van der Waals surface area contributed by atoms with Gasteiger partial charge < -0.3 is 20.1 Å². The number of carbonyl (C=O) groups excluding carboxylic acids is 2. The van der Waals surface area contributed by atoms with Crippen LogP contribution in [0.5, 0.6) is 0 Å². The highest BCUT2D eigenvalue weighted by Gasteiger charge is 2.23. The van der Waals surface area contributed by atoms with E-state index in [9.17, 15) is 14.0 Å². The van der Waals surface area contributed by atoms with Crippen LogP contribution in [0.1, 0.15) is 29.3 Å². The van der Waals surface area contributed by atoms with Gasteiger partial charge in [0.05, 0.1) is 5.39 Å². The van der Waals surface area contributed by atoms with Crippen molar-refractivity contribution in [2.24, 2.45) is 0 Å². The Morgan fingerprint density at radius 2 is 1.85 bits per heavy atom. The van der Waals surface area contributed by atoms with Crippen LogP contribution in [-0.2, 0) is 11.2 Å². The number of aromatic nitrogens is 3. The smallest absolute Gasteiger partial charge is 0.254 e. The maximum atomic E-state index is 13.5. The van der Waals surface area contributed by atoms with Crippen LogP contribution in [0.15, 0.2) is 67.1 Å². The first-order valence-electron chi connectivity index (χ1n) is 13.6. The molecular formula is C30H34FN7O2. The number of hydrogen-bond donors (Lipinski definition) is 2. The van der Waals surface area contributed by atoms with E-state index < -0.39 is 0 Å². The van der Waals surface area contributed by atoms with E-state index in [0.717, 1.165) is 54.8 Å². The van der Waals surface area contributed by atoms with Gasteiger partial charge in [0.2, 0.25) is 5.91 Å². The minimum Gasteiger partial charge on any atom is -0.355 e. The SMILES string of the molecule is CC(=O)NCCN(c1cccc(C(=O)N2CCN(CCCc3ccc(F)cc3)CC2)c1)c1ncnc2[nH]ccc12. The number of benzene rings is 2. The van der Waals surface area contributed by atoms with Crippen LogP contribution in [0, 0.1) is 5.82 Å². The van der Waals surface area contributed by atoms with Crippen LogP contribution in [0.3, 0.4) is 0 Å². The van der Waals surface area contributed by atoms with Crippen molar-refractivity contribution in [3.05, 3.63) is 84.1 Å². The monoisotopic (exact) mass is 543 g/mol. The van der Waals surface area contributed by atoms with Crippen LogP contribution in [0.2, 0.25) is 0 Å². The van der Waals surface area contributed by atoms with Crippen molar-refractivity contribution in [1.82, 2.24) is 30.1 Å². The van der Waals surface area contributed by atoms with Crippen molar-refractivity contribution >= 4 is 34.4 Å². The minimum atomic E-state index is -0.209. The first-order chi connectivity index (χ1) is 19.5. The quantitative estimate of drug-likeness (QED) is 0.316. The lowest BCUT2D eigenvalue weighted by Crippen LogP contribution is -2.48. The molecule has 1 saturated heterocycles. The molecule has 208 valence electrons. The number of aromatic amines is 1. The van der Waals surface area contributed by atoms with E-state index >= 15 is 0 Å². The molecule has 0 radical (unpaired) electrons. The summed E-state index contributed by atoms with van der Waals surface area (Å²) in [7, 11) is 0. The van der Waals surface area contributed by atoms with Crippen molar-refractivity contribution in [2.75, 3.05) is 50.7 Å². The lowest BCUT2D eigenvalue weighted by molar-refractivity contribution is -0.118. The van der Waals surface area contributed by atoms with Crippen molar-refractivity contribution in [1.29, 1.82) is 0 Å². The fourth-order valence-corrected chi connectivity index (χ4v) is 5.10. The molecular weight excluding hydrogens is 509 g/mol. The molecule has 0 bridgehead atoms. The molecule has 2 aromatic heterocycles. The number of aryl methyl sites for hydroxylation is 1. The van der Waals surface area contributed by atoms with Gasteiger partial charge in [-0.05, 0) is 61.3 Å². The molecule has 0 atom stereocenters. The summed E-state index contributed by atoms with van der Waals surface area (Å²) in [6.07, 6.45) is 5.23. The van der Waals surface area contributed by atoms with E-state index in [-0.39, 0.29) is 17.6 Å². The number of rotatable bonds is 10. The van der Waals surface area contributed by atoms with Gasteiger partial charge in [0.15, 0.2) is 0 Å². The third-order valence-corrected chi connectivity index (χ3v) is 7.22. The molecule has 0 spiro atoms.